The molecule has 29 heavy (non-hydrogen) atoms. The number of carbonyl (C=O) groups excluding carboxylic acids is 1. The maximum atomic E-state index is 13.0. The van der Waals surface area contributed by atoms with Gasteiger partial charge in [0.05, 0.1) is 17.1 Å². The summed E-state index contributed by atoms with van der Waals surface area (Å²) in [7, 11) is 1.50. The maximum Gasteiger partial charge on any atom is 0.416 e. The number of anilines is 1. The molecule has 0 aliphatic rings. The number of nitrogens with one attached hydrogen (secondary N) is 2. The molecule has 0 saturated heterocycles. The molecule has 0 spiro atoms. The van der Waals surface area contributed by atoms with Crippen molar-refractivity contribution in [2.75, 3.05) is 32.1 Å². The van der Waals surface area contributed by atoms with Crippen LogP contribution < -0.4 is 10.6 Å². The molecule has 2 aromatic rings. The predicted octanol–water partition coefficient (Wildman–Crippen LogP) is 3.64. The van der Waals surface area contributed by atoms with Crippen LogP contribution in [0.15, 0.2) is 42.5 Å². The van der Waals surface area contributed by atoms with Gasteiger partial charge in [-0.3, -0.25) is 14.9 Å². The van der Waals surface area contributed by atoms with Crippen LogP contribution in [0, 0.1) is 10.1 Å². The van der Waals surface area contributed by atoms with E-state index in [1.165, 1.54) is 37.4 Å². The molecule has 10 heteroatoms. The smallest absolute Gasteiger partial charge is 0.383 e. The predicted molar refractivity (Wildman–Crippen MR) is 101 cm³/mol. The molecule has 0 saturated carbocycles. The highest BCUT2D eigenvalue weighted by Crippen LogP contribution is 2.32. The Balaban J connectivity index is 2.04. The summed E-state index contributed by atoms with van der Waals surface area (Å²) in [5.41, 5.74) is -0.697. The standard InChI is InChI=1S/C19H20F3N3O4/c1-29-11-10-23-16-7-6-14(12-17(16)25(27)28)18(26)24-9-8-13-4-2-3-5-15(13)19(20,21)22/h2-7,12,23H,8-11H2,1H3,(H,24,26). The molecule has 0 radical (unpaired) electrons. The maximum absolute atomic E-state index is 13.0. The van der Waals surface area contributed by atoms with Crippen LogP contribution >= 0.6 is 0 Å². The van der Waals surface area contributed by atoms with Gasteiger partial charge < -0.3 is 15.4 Å². The molecule has 0 aromatic heterocycles. The van der Waals surface area contributed by atoms with Gasteiger partial charge in [-0.25, -0.2) is 0 Å². The second-order valence-electron chi connectivity index (χ2n) is 6.07. The topological polar surface area (TPSA) is 93.5 Å². The minimum atomic E-state index is -4.48. The number of hydrogen-bond donors (Lipinski definition) is 2. The van der Waals surface area contributed by atoms with E-state index in [2.05, 4.69) is 10.6 Å². The first-order valence-electron chi connectivity index (χ1n) is 8.68. The number of halogens is 3. The third-order valence-corrected chi connectivity index (χ3v) is 4.08. The molecule has 0 heterocycles. The van der Waals surface area contributed by atoms with Crippen molar-refractivity contribution in [1.82, 2.24) is 5.32 Å². The number of benzene rings is 2. The summed E-state index contributed by atoms with van der Waals surface area (Å²) in [5, 5.41) is 16.6. The first kappa shape index (κ1) is 22.2. The van der Waals surface area contributed by atoms with Gasteiger partial charge in [-0.2, -0.15) is 13.2 Å². The summed E-state index contributed by atoms with van der Waals surface area (Å²) < 4.78 is 43.9. The van der Waals surface area contributed by atoms with E-state index in [9.17, 15) is 28.1 Å². The summed E-state index contributed by atoms with van der Waals surface area (Å²) in [6, 6.07) is 9.05. The van der Waals surface area contributed by atoms with Crippen molar-refractivity contribution in [3.05, 3.63) is 69.3 Å². The third-order valence-electron chi connectivity index (χ3n) is 4.08. The van der Waals surface area contributed by atoms with Gasteiger partial charge in [0.25, 0.3) is 11.6 Å². The monoisotopic (exact) mass is 411 g/mol. The van der Waals surface area contributed by atoms with E-state index in [1.54, 1.807) is 0 Å². The van der Waals surface area contributed by atoms with Gasteiger partial charge in [0.2, 0.25) is 0 Å². The van der Waals surface area contributed by atoms with Crippen molar-refractivity contribution in [3.8, 4) is 0 Å². The molecular weight excluding hydrogens is 391 g/mol. The minimum absolute atomic E-state index is 0.0276. The quantitative estimate of drug-likeness (QED) is 0.373. The van der Waals surface area contributed by atoms with Crippen LogP contribution in [-0.4, -0.2) is 37.6 Å². The number of nitrogens with zero attached hydrogens (tertiary/aromatic N) is 1. The molecule has 0 aliphatic carbocycles. The zero-order chi connectivity index (χ0) is 21.4. The Bertz CT molecular complexity index is 872. The molecule has 0 atom stereocenters. The summed E-state index contributed by atoms with van der Waals surface area (Å²) in [5.74, 6) is -0.610. The second-order valence-corrected chi connectivity index (χ2v) is 6.07. The largest absolute Gasteiger partial charge is 0.416 e. The van der Waals surface area contributed by atoms with Gasteiger partial charge >= 0.3 is 6.18 Å². The molecule has 7 nitrogen and oxygen atoms in total. The fourth-order valence-corrected chi connectivity index (χ4v) is 2.69. The van der Waals surface area contributed by atoms with Crippen LogP contribution in [0.5, 0.6) is 0 Å². The molecular formula is C19H20F3N3O4. The van der Waals surface area contributed by atoms with Gasteiger partial charge in [-0.1, -0.05) is 18.2 Å². The van der Waals surface area contributed by atoms with Gasteiger partial charge in [0.15, 0.2) is 0 Å². The lowest BCUT2D eigenvalue weighted by Gasteiger charge is -2.13. The van der Waals surface area contributed by atoms with Gasteiger partial charge in [-0.15, -0.1) is 0 Å². The van der Waals surface area contributed by atoms with Crippen molar-refractivity contribution in [2.24, 2.45) is 0 Å². The fourth-order valence-electron chi connectivity index (χ4n) is 2.69. The number of carbonyl (C=O) groups is 1. The fraction of sp³-hybridized carbons (Fsp3) is 0.316. The Morgan fingerprint density at radius 2 is 1.90 bits per heavy atom. The summed E-state index contributed by atoms with van der Waals surface area (Å²) in [6.07, 6.45) is -4.51. The summed E-state index contributed by atoms with van der Waals surface area (Å²) in [4.78, 5) is 22.9. The zero-order valence-corrected chi connectivity index (χ0v) is 15.6. The van der Waals surface area contributed by atoms with E-state index in [0.29, 0.717) is 13.2 Å². The Kier molecular flexibility index (Phi) is 7.54. The van der Waals surface area contributed by atoms with E-state index < -0.39 is 22.6 Å². The number of amides is 1. The molecule has 0 bridgehead atoms. The lowest BCUT2D eigenvalue weighted by Crippen LogP contribution is -2.26. The van der Waals surface area contributed by atoms with E-state index in [1.807, 2.05) is 0 Å². The van der Waals surface area contributed by atoms with Gasteiger partial charge in [0, 0.05) is 31.8 Å². The van der Waals surface area contributed by atoms with Crippen molar-refractivity contribution in [2.45, 2.75) is 12.6 Å². The van der Waals surface area contributed by atoms with Crippen LogP contribution in [0.25, 0.3) is 0 Å². The number of alkyl halides is 3. The summed E-state index contributed by atoms with van der Waals surface area (Å²) >= 11 is 0. The molecule has 156 valence electrons. The van der Waals surface area contributed by atoms with E-state index >= 15 is 0 Å². The van der Waals surface area contributed by atoms with Gasteiger partial charge in [0.1, 0.15) is 5.69 Å². The van der Waals surface area contributed by atoms with Crippen LogP contribution in [0.4, 0.5) is 24.5 Å². The lowest BCUT2D eigenvalue weighted by atomic mass is 10.0. The first-order chi connectivity index (χ1) is 13.7. The number of nitro groups is 1. The Hall–Kier alpha value is -3.14. The Labute approximate surface area is 165 Å². The van der Waals surface area contributed by atoms with Gasteiger partial charge in [-0.05, 0) is 30.2 Å². The number of hydrogen-bond acceptors (Lipinski definition) is 5. The van der Waals surface area contributed by atoms with Crippen molar-refractivity contribution in [1.29, 1.82) is 0 Å². The number of methoxy groups -OCH3 is 1. The van der Waals surface area contributed by atoms with Crippen LogP contribution in [-0.2, 0) is 17.3 Å². The van der Waals surface area contributed by atoms with Crippen molar-refractivity contribution < 1.29 is 27.6 Å². The van der Waals surface area contributed by atoms with E-state index in [-0.39, 0.29) is 35.5 Å². The molecule has 0 unspecified atom stereocenters. The molecule has 2 N–H and O–H groups in total. The van der Waals surface area contributed by atoms with Crippen molar-refractivity contribution in [3.63, 3.8) is 0 Å². The van der Waals surface area contributed by atoms with E-state index in [0.717, 1.165) is 12.1 Å². The second kappa shape index (κ2) is 9.87. The zero-order valence-electron chi connectivity index (χ0n) is 15.6. The van der Waals surface area contributed by atoms with Crippen LogP contribution in [0.3, 0.4) is 0 Å². The SMILES string of the molecule is COCCNc1ccc(C(=O)NCCc2ccccc2C(F)(F)F)cc1[N+](=O)[O-]. The third kappa shape index (κ3) is 6.18. The lowest BCUT2D eigenvalue weighted by molar-refractivity contribution is -0.384. The number of nitro benzene ring substituents is 1. The normalized spacial score (nSPS) is 11.2. The Morgan fingerprint density at radius 3 is 2.55 bits per heavy atom. The average Bonchev–Trinajstić information content (AvgIpc) is 2.67. The van der Waals surface area contributed by atoms with Crippen LogP contribution in [0.1, 0.15) is 21.5 Å². The molecule has 0 fully saturated rings. The minimum Gasteiger partial charge on any atom is -0.383 e. The van der Waals surface area contributed by atoms with E-state index in [4.69, 9.17) is 4.74 Å². The summed E-state index contributed by atoms with van der Waals surface area (Å²) in [6.45, 7) is 0.647. The molecule has 0 aliphatic heterocycles. The molecule has 2 rings (SSSR count). The highest BCUT2D eigenvalue weighted by Gasteiger charge is 2.32. The molecule has 2 aromatic carbocycles. The molecule has 1 amide bonds. The highest BCUT2D eigenvalue weighted by atomic mass is 19.4. The number of ether oxygens (including phenoxy) is 1. The average molecular weight is 411 g/mol. The highest BCUT2D eigenvalue weighted by molar-refractivity contribution is 5.95. The first-order valence-corrected chi connectivity index (χ1v) is 8.68. The van der Waals surface area contributed by atoms with Crippen LogP contribution in [0.2, 0.25) is 0 Å². The Morgan fingerprint density at radius 1 is 1.17 bits per heavy atom. The number of rotatable bonds is 9. The van der Waals surface area contributed by atoms with Crippen molar-refractivity contribution >= 4 is 17.3 Å².